The van der Waals surface area contributed by atoms with E-state index in [9.17, 15) is 15.0 Å². The molecule has 0 bridgehead atoms. The first-order valence-electron chi connectivity index (χ1n) is 14.4. The Kier molecular flexibility index (Phi) is 12.4. The van der Waals surface area contributed by atoms with Crippen LogP contribution in [0.1, 0.15) is 55.0 Å². The first-order valence-corrected chi connectivity index (χ1v) is 14.4. The monoisotopic (exact) mass is 544 g/mol. The highest BCUT2D eigenvalue weighted by Crippen LogP contribution is 2.31. The summed E-state index contributed by atoms with van der Waals surface area (Å²) in [5.41, 5.74) is 9.50. The van der Waals surface area contributed by atoms with E-state index in [1.54, 1.807) is 6.92 Å². The molecule has 3 aromatic carbocycles. The van der Waals surface area contributed by atoms with Crippen LogP contribution in [0, 0.1) is 5.92 Å². The van der Waals surface area contributed by atoms with Crippen molar-refractivity contribution in [3.05, 3.63) is 101 Å². The molecule has 2 N–H and O–H groups in total. The number of benzene rings is 3. The molecule has 0 fully saturated rings. The van der Waals surface area contributed by atoms with E-state index in [1.807, 2.05) is 12.1 Å². The average Bonchev–Trinajstić information content (AvgIpc) is 2.98. The standard InChI is InChI=1S/C35H44O5/c1-5-30-21-27(8-7-26-11-15-32(16-12-26)39-19-20-40-35(38)25(3)4)13-17-33(30)34-18-14-28(22-31(34)6-2)9-10-29(23-36)24-37/h11-18,21-22,29,36-37H,3,5-10,19-20,23-24H2,1-2,4H3. The topological polar surface area (TPSA) is 76.0 Å². The van der Waals surface area contributed by atoms with Crippen molar-refractivity contribution in [1.82, 2.24) is 0 Å². The number of ether oxygens (including phenoxy) is 2. The summed E-state index contributed by atoms with van der Waals surface area (Å²) in [6, 6.07) is 21.7. The third-order valence-electron chi connectivity index (χ3n) is 7.31. The van der Waals surface area contributed by atoms with Gasteiger partial charge in [0.05, 0.1) is 0 Å². The van der Waals surface area contributed by atoms with Crippen molar-refractivity contribution in [2.24, 2.45) is 5.92 Å². The van der Waals surface area contributed by atoms with E-state index in [-0.39, 0.29) is 25.7 Å². The molecule has 0 aliphatic carbocycles. The van der Waals surface area contributed by atoms with Gasteiger partial charge in [-0.1, -0.05) is 69.0 Å². The summed E-state index contributed by atoms with van der Waals surface area (Å²) in [6.07, 6.45) is 5.47. The molecule has 0 spiro atoms. The number of carbonyl (C=O) groups is 1. The molecule has 0 radical (unpaired) electrons. The fraction of sp³-hybridized carbons (Fsp3) is 0.400. The van der Waals surface area contributed by atoms with Crippen molar-refractivity contribution in [1.29, 1.82) is 0 Å². The van der Waals surface area contributed by atoms with Gasteiger partial charge in [-0.15, -0.1) is 0 Å². The number of hydrogen-bond acceptors (Lipinski definition) is 5. The number of rotatable bonds is 16. The molecule has 0 aliphatic heterocycles. The van der Waals surface area contributed by atoms with Crippen LogP contribution in [0.3, 0.4) is 0 Å². The molecule has 0 saturated carbocycles. The van der Waals surface area contributed by atoms with Gasteiger partial charge in [-0.05, 0) is 96.5 Å². The normalized spacial score (nSPS) is 11.1. The largest absolute Gasteiger partial charge is 0.490 e. The van der Waals surface area contributed by atoms with Crippen LogP contribution < -0.4 is 4.74 Å². The van der Waals surface area contributed by atoms with Crippen molar-refractivity contribution in [3.63, 3.8) is 0 Å². The van der Waals surface area contributed by atoms with E-state index in [0.717, 1.165) is 44.3 Å². The van der Waals surface area contributed by atoms with Crippen molar-refractivity contribution >= 4 is 5.97 Å². The molecule has 5 nitrogen and oxygen atoms in total. The predicted octanol–water partition coefficient (Wildman–Crippen LogP) is 6.30. The Morgan fingerprint density at radius 2 is 1.30 bits per heavy atom. The van der Waals surface area contributed by atoms with E-state index >= 15 is 0 Å². The second-order valence-corrected chi connectivity index (χ2v) is 10.4. The van der Waals surface area contributed by atoms with Gasteiger partial charge in [-0.2, -0.15) is 0 Å². The van der Waals surface area contributed by atoms with Gasteiger partial charge < -0.3 is 19.7 Å². The molecule has 0 amide bonds. The van der Waals surface area contributed by atoms with E-state index in [2.05, 4.69) is 69.0 Å². The maximum Gasteiger partial charge on any atom is 0.333 e. The third kappa shape index (κ3) is 9.07. The Balaban J connectivity index is 1.60. The van der Waals surface area contributed by atoms with Gasteiger partial charge in [0.25, 0.3) is 0 Å². The Morgan fingerprint density at radius 3 is 1.82 bits per heavy atom. The molecule has 5 heteroatoms. The summed E-state index contributed by atoms with van der Waals surface area (Å²) in [5.74, 6) is 0.303. The summed E-state index contributed by atoms with van der Waals surface area (Å²) >= 11 is 0. The summed E-state index contributed by atoms with van der Waals surface area (Å²) < 4.78 is 10.7. The molecular formula is C35H44O5. The van der Waals surface area contributed by atoms with E-state index in [1.165, 1.54) is 38.9 Å². The van der Waals surface area contributed by atoms with Gasteiger partial charge >= 0.3 is 5.97 Å². The van der Waals surface area contributed by atoms with Gasteiger partial charge in [0, 0.05) is 24.7 Å². The average molecular weight is 545 g/mol. The smallest absolute Gasteiger partial charge is 0.333 e. The van der Waals surface area contributed by atoms with Gasteiger partial charge in [0.2, 0.25) is 0 Å². The van der Waals surface area contributed by atoms with Gasteiger partial charge in [0.1, 0.15) is 19.0 Å². The molecule has 0 heterocycles. The highest BCUT2D eigenvalue weighted by Gasteiger charge is 2.12. The summed E-state index contributed by atoms with van der Waals surface area (Å²) in [4.78, 5) is 11.4. The molecule has 0 unspecified atom stereocenters. The fourth-order valence-corrected chi connectivity index (χ4v) is 4.78. The van der Waals surface area contributed by atoms with Crippen LogP contribution in [0.4, 0.5) is 0 Å². The summed E-state index contributed by atoms with van der Waals surface area (Å²) in [6.45, 7) is 10.2. The lowest BCUT2D eigenvalue weighted by atomic mass is 9.89. The number of aliphatic hydroxyl groups excluding tert-OH is 2. The number of hydrogen-bond donors (Lipinski definition) is 2. The second kappa shape index (κ2) is 16.0. The molecular weight excluding hydrogens is 500 g/mol. The van der Waals surface area contributed by atoms with E-state index in [0.29, 0.717) is 12.2 Å². The quantitative estimate of drug-likeness (QED) is 0.126. The van der Waals surface area contributed by atoms with Crippen LogP contribution in [0.5, 0.6) is 5.75 Å². The Labute approximate surface area is 239 Å². The highest BCUT2D eigenvalue weighted by atomic mass is 16.6. The minimum Gasteiger partial charge on any atom is -0.490 e. The third-order valence-corrected chi connectivity index (χ3v) is 7.31. The maximum atomic E-state index is 11.4. The van der Waals surface area contributed by atoms with Crippen molar-refractivity contribution in [2.45, 2.75) is 59.3 Å². The Bertz CT molecular complexity index is 1240. The Morgan fingerprint density at radius 1 is 0.775 bits per heavy atom. The number of carbonyl (C=O) groups excluding carboxylic acids is 1. The maximum absolute atomic E-state index is 11.4. The van der Waals surface area contributed by atoms with Crippen molar-refractivity contribution in [2.75, 3.05) is 26.4 Å². The molecule has 0 saturated heterocycles. The van der Waals surface area contributed by atoms with Crippen LogP contribution in [-0.2, 0) is 41.6 Å². The van der Waals surface area contributed by atoms with E-state index in [4.69, 9.17) is 9.47 Å². The lowest BCUT2D eigenvalue weighted by molar-refractivity contribution is -0.139. The second-order valence-electron chi connectivity index (χ2n) is 10.4. The molecule has 0 aliphatic rings. The molecule has 40 heavy (non-hydrogen) atoms. The molecule has 3 rings (SSSR count). The SMILES string of the molecule is C=C(C)C(=O)OCCOc1ccc(CCc2ccc(-c3ccc(CCC(CO)CO)cc3CC)c(CC)c2)cc1. The molecule has 3 aromatic rings. The van der Waals surface area contributed by atoms with Crippen molar-refractivity contribution in [3.8, 4) is 16.9 Å². The first kappa shape index (κ1) is 31.1. The van der Waals surface area contributed by atoms with Crippen molar-refractivity contribution < 1.29 is 24.5 Å². The lowest BCUT2D eigenvalue weighted by Gasteiger charge is -2.16. The minimum atomic E-state index is -0.398. The van der Waals surface area contributed by atoms with Gasteiger partial charge in [-0.25, -0.2) is 4.79 Å². The zero-order valence-electron chi connectivity index (χ0n) is 24.2. The number of esters is 1. The lowest BCUT2D eigenvalue weighted by Crippen LogP contribution is -2.12. The minimum absolute atomic E-state index is 0.0253. The van der Waals surface area contributed by atoms with Gasteiger partial charge in [-0.3, -0.25) is 0 Å². The van der Waals surface area contributed by atoms with Crippen LogP contribution in [-0.4, -0.2) is 42.6 Å². The van der Waals surface area contributed by atoms with Crippen LogP contribution in [0.15, 0.2) is 72.8 Å². The van der Waals surface area contributed by atoms with Gasteiger partial charge in [0.15, 0.2) is 0 Å². The highest BCUT2D eigenvalue weighted by molar-refractivity contribution is 5.86. The molecule has 0 aromatic heterocycles. The number of aliphatic hydroxyl groups is 2. The summed E-state index contributed by atoms with van der Waals surface area (Å²) in [7, 11) is 0. The van der Waals surface area contributed by atoms with Crippen LogP contribution in [0.25, 0.3) is 11.1 Å². The summed E-state index contributed by atoms with van der Waals surface area (Å²) in [5, 5.41) is 18.8. The van der Waals surface area contributed by atoms with E-state index < -0.39 is 5.97 Å². The molecule has 214 valence electrons. The molecule has 0 atom stereocenters. The van der Waals surface area contributed by atoms with Crippen LogP contribution in [0.2, 0.25) is 0 Å². The predicted molar refractivity (Wildman–Crippen MR) is 162 cm³/mol. The number of aryl methyl sites for hydroxylation is 5. The Hall–Kier alpha value is -3.41. The van der Waals surface area contributed by atoms with Crippen LogP contribution >= 0.6 is 0 Å². The zero-order valence-corrected chi connectivity index (χ0v) is 24.2. The zero-order chi connectivity index (χ0) is 28.9. The fourth-order valence-electron chi connectivity index (χ4n) is 4.78. The first-order chi connectivity index (χ1) is 19.4.